The standard InChI is InChI=1S/C16H23N3O3/c1-12(17)15(20)19-9-5-8-14(19)10-18-16(21)22-11-13-6-3-2-4-7-13/h2-4,6-7,12,14H,5,8-11,17H2,1H3,(H,18,21)/t12-,14+/m0/s1. The zero-order valence-electron chi connectivity index (χ0n) is 12.8. The van der Waals surface area contributed by atoms with Crippen LogP contribution >= 0.6 is 0 Å². The molecule has 0 radical (unpaired) electrons. The second-order valence-corrected chi connectivity index (χ2v) is 5.56. The van der Waals surface area contributed by atoms with E-state index in [2.05, 4.69) is 5.32 Å². The molecule has 1 saturated heterocycles. The summed E-state index contributed by atoms with van der Waals surface area (Å²) in [4.78, 5) is 25.4. The SMILES string of the molecule is C[C@H](N)C(=O)N1CCC[C@@H]1CNC(=O)OCc1ccccc1. The monoisotopic (exact) mass is 305 g/mol. The quantitative estimate of drug-likeness (QED) is 0.857. The summed E-state index contributed by atoms with van der Waals surface area (Å²) < 4.78 is 5.15. The highest BCUT2D eigenvalue weighted by Crippen LogP contribution is 2.17. The van der Waals surface area contributed by atoms with E-state index in [1.807, 2.05) is 30.3 Å². The van der Waals surface area contributed by atoms with Crippen molar-refractivity contribution < 1.29 is 14.3 Å². The highest BCUT2D eigenvalue weighted by atomic mass is 16.5. The van der Waals surface area contributed by atoms with E-state index in [4.69, 9.17) is 10.5 Å². The molecule has 0 bridgehead atoms. The Kier molecular flexibility index (Phi) is 5.77. The van der Waals surface area contributed by atoms with E-state index < -0.39 is 12.1 Å². The molecule has 0 unspecified atom stereocenters. The molecule has 6 nitrogen and oxygen atoms in total. The van der Waals surface area contributed by atoms with Gasteiger partial charge in [0.25, 0.3) is 0 Å². The van der Waals surface area contributed by atoms with Crippen LogP contribution < -0.4 is 11.1 Å². The number of benzene rings is 1. The molecule has 2 rings (SSSR count). The Morgan fingerprint density at radius 1 is 1.41 bits per heavy atom. The van der Waals surface area contributed by atoms with Crippen molar-refractivity contribution in [1.29, 1.82) is 0 Å². The fraction of sp³-hybridized carbons (Fsp3) is 0.500. The van der Waals surface area contributed by atoms with Crippen molar-refractivity contribution in [3.63, 3.8) is 0 Å². The fourth-order valence-corrected chi connectivity index (χ4v) is 2.57. The number of amides is 2. The molecule has 2 amide bonds. The average Bonchev–Trinajstić information content (AvgIpc) is 2.99. The Hall–Kier alpha value is -2.08. The van der Waals surface area contributed by atoms with E-state index in [-0.39, 0.29) is 18.6 Å². The minimum atomic E-state index is -0.509. The zero-order valence-corrected chi connectivity index (χ0v) is 12.8. The van der Waals surface area contributed by atoms with Gasteiger partial charge >= 0.3 is 6.09 Å². The van der Waals surface area contributed by atoms with Gasteiger partial charge in [0, 0.05) is 19.1 Å². The highest BCUT2D eigenvalue weighted by molar-refractivity contribution is 5.81. The van der Waals surface area contributed by atoms with Crippen molar-refractivity contribution >= 4 is 12.0 Å². The maximum atomic E-state index is 12.0. The van der Waals surface area contributed by atoms with Crippen LogP contribution in [-0.4, -0.2) is 42.1 Å². The van der Waals surface area contributed by atoms with Crippen LogP contribution in [0.5, 0.6) is 0 Å². The molecule has 22 heavy (non-hydrogen) atoms. The summed E-state index contributed by atoms with van der Waals surface area (Å²) in [6.45, 7) is 3.01. The van der Waals surface area contributed by atoms with Gasteiger partial charge in [0.2, 0.25) is 5.91 Å². The van der Waals surface area contributed by atoms with Crippen LogP contribution in [0.1, 0.15) is 25.3 Å². The van der Waals surface area contributed by atoms with Crippen LogP contribution in [0, 0.1) is 0 Å². The molecule has 3 N–H and O–H groups in total. The summed E-state index contributed by atoms with van der Waals surface area (Å²) in [5.41, 5.74) is 6.58. The number of hydrogen-bond donors (Lipinski definition) is 2. The largest absolute Gasteiger partial charge is 0.445 e. The third kappa shape index (κ3) is 4.46. The first-order valence-electron chi connectivity index (χ1n) is 7.58. The lowest BCUT2D eigenvalue weighted by molar-refractivity contribution is -0.132. The minimum absolute atomic E-state index is 0.00257. The van der Waals surface area contributed by atoms with Gasteiger partial charge in [-0.2, -0.15) is 0 Å². The average molecular weight is 305 g/mol. The fourth-order valence-electron chi connectivity index (χ4n) is 2.57. The van der Waals surface area contributed by atoms with Crippen molar-refractivity contribution in [3.8, 4) is 0 Å². The van der Waals surface area contributed by atoms with Gasteiger partial charge in [0.15, 0.2) is 0 Å². The number of likely N-dealkylation sites (tertiary alicyclic amines) is 1. The van der Waals surface area contributed by atoms with Crippen LogP contribution in [-0.2, 0) is 16.1 Å². The van der Waals surface area contributed by atoms with Crippen LogP contribution in [0.25, 0.3) is 0 Å². The van der Waals surface area contributed by atoms with Crippen LogP contribution in [0.3, 0.4) is 0 Å². The van der Waals surface area contributed by atoms with Crippen LogP contribution in [0.15, 0.2) is 30.3 Å². The summed E-state index contributed by atoms with van der Waals surface area (Å²) >= 11 is 0. The molecule has 0 aromatic heterocycles. The lowest BCUT2D eigenvalue weighted by atomic mass is 10.2. The van der Waals surface area contributed by atoms with Gasteiger partial charge in [-0.05, 0) is 25.3 Å². The first-order valence-corrected chi connectivity index (χ1v) is 7.58. The number of rotatable bonds is 5. The third-order valence-electron chi connectivity index (χ3n) is 3.74. The zero-order chi connectivity index (χ0) is 15.9. The lowest BCUT2D eigenvalue weighted by Crippen LogP contribution is -2.48. The smallest absolute Gasteiger partial charge is 0.407 e. The molecule has 0 aliphatic carbocycles. The number of carbonyl (C=O) groups is 2. The second kappa shape index (κ2) is 7.79. The van der Waals surface area contributed by atoms with Crippen molar-refractivity contribution in [2.45, 2.75) is 38.5 Å². The van der Waals surface area contributed by atoms with Gasteiger partial charge in [0.1, 0.15) is 6.61 Å². The normalized spacial score (nSPS) is 18.8. The number of alkyl carbamates (subject to hydrolysis) is 1. The van der Waals surface area contributed by atoms with Gasteiger partial charge in [-0.15, -0.1) is 0 Å². The van der Waals surface area contributed by atoms with E-state index >= 15 is 0 Å². The van der Waals surface area contributed by atoms with Gasteiger partial charge in [-0.25, -0.2) is 4.79 Å². The van der Waals surface area contributed by atoms with Gasteiger partial charge in [0.05, 0.1) is 6.04 Å². The number of carbonyl (C=O) groups excluding carboxylic acids is 2. The molecule has 1 fully saturated rings. The molecule has 120 valence electrons. The summed E-state index contributed by atoms with van der Waals surface area (Å²) in [5.74, 6) is -0.0676. The topological polar surface area (TPSA) is 84.7 Å². The van der Waals surface area contributed by atoms with E-state index in [9.17, 15) is 9.59 Å². The molecule has 1 aliphatic rings. The Morgan fingerprint density at radius 3 is 2.82 bits per heavy atom. The first kappa shape index (κ1) is 16.3. The van der Waals surface area contributed by atoms with Crippen LogP contribution in [0.4, 0.5) is 4.79 Å². The Labute approximate surface area is 130 Å². The molecule has 1 aromatic rings. The maximum absolute atomic E-state index is 12.0. The molecular formula is C16H23N3O3. The van der Waals surface area contributed by atoms with Crippen molar-refractivity contribution in [2.24, 2.45) is 5.73 Å². The van der Waals surface area contributed by atoms with Crippen molar-refractivity contribution in [1.82, 2.24) is 10.2 Å². The lowest BCUT2D eigenvalue weighted by Gasteiger charge is -2.26. The van der Waals surface area contributed by atoms with E-state index in [1.165, 1.54) is 0 Å². The molecule has 1 aliphatic heterocycles. The van der Waals surface area contributed by atoms with E-state index in [0.717, 1.165) is 18.4 Å². The predicted molar refractivity (Wildman–Crippen MR) is 83.0 cm³/mol. The number of hydrogen-bond acceptors (Lipinski definition) is 4. The Bertz CT molecular complexity index is 505. The first-order chi connectivity index (χ1) is 10.6. The van der Waals surface area contributed by atoms with Crippen LogP contribution in [0.2, 0.25) is 0 Å². The maximum Gasteiger partial charge on any atom is 0.407 e. The van der Waals surface area contributed by atoms with E-state index in [0.29, 0.717) is 13.1 Å². The van der Waals surface area contributed by atoms with Crippen molar-refractivity contribution in [2.75, 3.05) is 13.1 Å². The molecular weight excluding hydrogens is 282 g/mol. The predicted octanol–water partition coefficient (Wildman–Crippen LogP) is 1.25. The number of nitrogens with two attached hydrogens (primary N) is 1. The molecule has 0 saturated carbocycles. The van der Waals surface area contributed by atoms with Gasteiger partial charge in [-0.3, -0.25) is 4.79 Å². The Morgan fingerprint density at radius 2 is 2.14 bits per heavy atom. The van der Waals surface area contributed by atoms with Gasteiger partial charge < -0.3 is 20.7 Å². The summed E-state index contributed by atoms with van der Waals surface area (Å²) in [6.07, 6.45) is 1.34. The summed E-state index contributed by atoms with van der Waals surface area (Å²) in [5, 5.41) is 2.72. The molecule has 1 heterocycles. The van der Waals surface area contributed by atoms with Gasteiger partial charge in [-0.1, -0.05) is 30.3 Å². The summed E-state index contributed by atoms with van der Waals surface area (Å²) in [7, 11) is 0. The third-order valence-corrected chi connectivity index (χ3v) is 3.74. The molecule has 0 spiro atoms. The second-order valence-electron chi connectivity index (χ2n) is 5.56. The summed E-state index contributed by atoms with van der Waals surface area (Å²) in [6, 6.07) is 8.99. The molecule has 6 heteroatoms. The minimum Gasteiger partial charge on any atom is -0.445 e. The molecule has 2 atom stereocenters. The number of nitrogens with zero attached hydrogens (tertiary/aromatic N) is 1. The van der Waals surface area contributed by atoms with Crippen molar-refractivity contribution in [3.05, 3.63) is 35.9 Å². The van der Waals surface area contributed by atoms with E-state index in [1.54, 1.807) is 11.8 Å². The molecule has 1 aromatic carbocycles. The number of nitrogens with one attached hydrogen (secondary N) is 1. The Balaban J connectivity index is 1.74. The number of ether oxygens (including phenoxy) is 1. The highest BCUT2D eigenvalue weighted by Gasteiger charge is 2.30.